The molecule has 1 aromatic heterocycles. The highest BCUT2D eigenvalue weighted by Crippen LogP contribution is 2.16. The Morgan fingerprint density at radius 2 is 2.39 bits per heavy atom. The molecule has 0 atom stereocenters. The summed E-state index contributed by atoms with van der Waals surface area (Å²) in [7, 11) is 0. The molecule has 0 aliphatic heterocycles. The lowest BCUT2D eigenvalue weighted by Gasteiger charge is -2.02. The Labute approximate surface area is 107 Å². The van der Waals surface area contributed by atoms with Gasteiger partial charge in [-0.3, -0.25) is 0 Å². The van der Waals surface area contributed by atoms with Gasteiger partial charge in [0.25, 0.3) is 0 Å². The van der Waals surface area contributed by atoms with Crippen molar-refractivity contribution in [2.75, 3.05) is 5.32 Å². The number of aromatic carboxylic acids is 1. The van der Waals surface area contributed by atoms with Crippen LogP contribution in [0.15, 0.2) is 29.6 Å². The van der Waals surface area contributed by atoms with Crippen LogP contribution in [0.1, 0.15) is 21.6 Å². The van der Waals surface area contributed by atoms with Crippen LogP contribution in [-0.2, 0) is 6.54 Å². The molecule has 2 N–H and O–H groups in total. The summed E-state index contributed by atoms with van der Waals surface area (Å²) in [5.41, 5.74) is 1.58. The van der Waals surface area contributed by atoms with E-state index in [2.05, 4.69) is 16.4 Å². The van der Waals surface area contributed by atoms with Crippen molar-refractivity contribution in [3.8, 4) is 6.07 Å². The Balaban J connectivity index is 2.02. The zero-order valence-corrected chi connectivity index (χ0v) is 10.1. The minimum atomic E-state index is -1.04. The van der Waals surface area contributed by atoms with Gasteiger partial charge in [0.15, 0.2) is 10.8 Å². The van der Waals surface area contributed by atoms with E-state index in [4.69, 9.17) is 10.4 Å². The molecule has 0 fully saturated rings. The van der Waals surface area contributed by atoms with Crippen LogP contribution in [0.3, 0.4) is 0 Å². The molecule has 2 aromatic rings. The van der Waals surface area contributed by atoms with E-state index in [0.717, 1.165) is 5.56 Å². The predicted octanol–water partition coefficient (Wildman–Crippen LogP) is 2.33. The van der Waals surface area contributed by atoms with Gasteiger partial charge in [-0.1, -0.05) is 12.1 Å². The predicted molar refractivity (Wildman–Crippen MR) is 67.6 cm³/mol. The number of carboxylic acids is 1. The molecule has 0 unspecified atom stereocenters. The Morgan fingerprint density at radius 1 is 1.56 bits per heavy atom. The lowest BCUT2D eigenvalue weighted by Crippen LogP contribution is -2.01. The van der Waals surface area contributed by atoms with Gasteiger partial charge in [-0.2, -0.15) is 5.26 Å². The fraction of sp³-hybridized carbons (Fsp3) is 0.0833. The van der Waals surface area contributed by atoms with E-state index >= 15 is 0 Å². The van der Waals surface area contributed by atoms with Gasteiger partial charge < -0.3 is 10.4 Å². The van der Waals surface area contributed by atoms with Crippen molar-refractivity contribution < 1.29 is 9.90 Å². The van der Waals surface area contributed by atoms with Crippen LogP contribution in [0.4, 0.5) is 5.13 Å². The van der Waals surface area contributed by atoms with Crippen molar-refractivity contribution in [1.29, 1.82) is 5.26 Å². The standard InChI is InChI=1S/C12H9N3O2S/c13-5-8-2-1-3-9(4-8)6-14-12-15-10(7-18-12)11(16)17/h1-4,7H,6H2,(H,14,15)(H,16,17). The number of nitrogens with zero attached hydrogens (tertiary/aromatic N) is 2. The highest BCUT2D eigenvalue weighted by atomic mass is 32.1. The number of nitriles is 1. The van der Waals surface area contributed by atoms with Crippen molar-refractivity contribution in [3.05, 3.63) is 46.5 Å². The summed E-state index contributed by atoms with van der Waals surface area (Å²) in [4.78, 5) is 14.6. The average molecular weight is 259 g/mol. The summed E-state index contributed by atoms with van der Waals surface area (Å²) in [6, 6.07) is 9.27. The van der Waals surface area contributed by atoms with Crippen molar-refractivity contribution in [3.63, 3.8) is 0 Å². The molecule has 2 rings (SSSR count). The zero-order valence-electron chi connectivity index (χ0n) is 9.25. The SMILES string of the molecule is N#Cc1cccc(CNc2nc(C(=O)O)cs2)c1. The first-order chi connectivity index (χ1) is 8.69. The molecule has 0 spiro atoms. The second kappa shape index (κ2) is 5.29. The lowest BCUT2D eigenvalue weighted by atomic mass is 10.1. The van der Waals surface area contributed by atoms with E-state index in [1.807, 2.05) is 6.07 Å². The van der Waals surface area contributed by atoms with Gasteiger partial charge in [0.2, 0.25) is 0 Å². The molecular weight excluding hydrogens is 250 g/mol. The van der Waals surface area contributed by atoms with Crippen LogP contribution in [0.2, 0.25) is 0 Å². The Morgan fingerprint density at radius 3 is 3.06 bits per heavy atom. The van der Waals surface area contributed by atoms with Crippen molar-refractivity contribution in [1.82, 2.24) is 4.98 Å². The molecule has 0 bridgehead atoms. The van der Waals surface area contributed by atoms with E-state index in [0.29, 0.717) is 17.2 Å². The summed E-state index contributed by atoms with van der Waals surface area (Å²) in [6.07, 6.45) is 0. The molecule has 0 radical (unpaired) electrons. The summed E-state index contributed by atoms with van der Waals surface area (Å²) in [5.74, 6) is -1.04. The minimum Gasteiger partial charge on any atom is -0.476 e. The largest absolute Gasteiger partial charge is 0.476 e. The molecule has 18 heavy (non-hydrogen) atoms. The Kier molecular flexibility index (Phi) is 3.55. The third-order valence-corrected chi connectivity index (χ3v) is 3.02. The van der Waals surface area contributed by atoms with Gasteiger partial charge in [-0.05, 0) is 17.7 Å². The van der Waals surface area contributed by atoms with Crippen molar-refractivity contribution in [2.45, 2.75) is 6.54 Å². The highest BCUT2D eigenvalue weighted by Gasteiger charge is 2.07. The van der Waals surface area contributed by atoms with E-state index in [1.165, 1.54) is 16.7 Å². The summed E-state index contributed by atoms with van der Waals surface area (Å²) < 4.78 is 0. The molecule has 0 amide bonds. The van der Waals surface area contributed by atoms with Gasteiger partial charge in [0.05, 0.1) is 11.6 Å². The molecule has 5 nitrogen and oxygen atoms in total. The first kappa shape index (κ1) is 12.1. The van der Waals surface area contributed by atoms with Crippen LogP contribution >= 0.6 is 11.3 Å². The third kappa shape index (κ3) is 2.84. The minimum absolute atomic E-state index is 0.0354. The molecule has 1 aromatic carbocycles. The second-order valence-corrected chi connectivity index (χ2v) is 4.37. The van der Waals surface area contributed by atoms with E-state index < -0.39 is 5.97 Å². The number of aromatic nitrogens is 1. The molecule has 0 aliphatic rings. The number of anilines is 1. The van der Waals surface area contributed by atoms with Crippen LogP contribution in [0.25, 0.3) is 0 Å². The van der Waals surface area contributed by atoms with Crippen LogP contribution in [-0.4, -0.2) is 16.1 Å². The number of hydrogen-bond acceptors (Lipinski definition) is 5. The first-order valence-electron chi connectivity index (χ1n) is 5.11. The Hall–Kier alpha value is -2.39. The van der Waals surface area contributed by atoms with Crippen molar-refractivity contribution >= 4 is 22.4 Å². The third-order valence-electron chi connectivity index (χ3n) is 2.22. The van der Waals surface area contributed by atoms with E-state index in [1.54, 1.807) is 18.2 Å². The fourth-order valence-electron chi connectivity index (χ4n) is 1.38. The molecule has 1 heterocycles. The van der Waals surface area contributed by atoms with Crippen LogP contribution in [0.5, 0.6) is 0 Å². The smallest absolute Gasteiger partial charge is 0.355 e. The maximum absolute atomic E-state index is 10.7. The maximum Gasteiger partial charge on any atom is 0.355 e. The number of thiazole rings is 1. The van der Waals surface area contributed by atoms with Gasteiger partial charge in [0, 0.05) is 11.9 Å². The molecule has 0 aliphatic carbocycles. The molecule has 0 saturated heterocycles. The number of benzene rings is 1. The number of nitrogens with one attached hydrogen (secondary N) is 1. The van der Waals surface area contributed by atoms with Gasteiger partial charge in [-0.15, -0.1) is 11.3 Å². The zero-order chi connectivity index (χ0) is 13.0. The highest BCUT2D eigenvalue weighted by molar-refractivity contribution is 7.13. The van der Waals surface area contributed by atoms with Gasteiger partial charge in [0.1, 0.15) is 0 Å². The van der Waals surface area contributed by atoms with E-state index in [9.17, 15) is 4.79 Å². The lowest BCUT2D eigenvalue weighted by molar-refractivity contribution is 0.0691. The van der Waals surface area contributed by atoms with Crippen molar-refractivity contribution in [2.24, 2.45) is 0 Å². The first-order valence-corrected chi connectivity index (χ1v) is 5.99. The molecule has 6 heteroatoms. The van der Waals surface area contributed by atoms with Crippen LogP contribution < -0.4 is 5.32 Å². The number of rotatable bonds is 4. The number of carboxylic acid groups (broad SMARTS) is 1. The van der Waals surface area contributed by atoms with Gasteiger partial charge in [-0.25, -0.2) is 9.78 Å². The van der Waals surface area contributed by atoms with Crippen LogP contribution in [0, 0.1) is 11.3 Å². The number of carbonyl (C=O) groups is 1. The second-order valence-electron chi connectivity index (χ2n) is 3.51. The Bertz CT molecular complexity index is 616. The summed E-state index contributed by atoms with van der Waals surface area (Å²) >= 11 is 1.24. The molecule has 90 valence electrons. The molecular formula is C12H9N3O2S. The monoisotopic (exact) mass is 259 g/mol. The quantitative estimate of drug-likeness (QED) is 0.880. The normalized spacial score (nSPS) is 9.72. The molecule has 0 saturated carbocycles. The topological polar surface area (TPSA) is 86.0 Å². The van der Waals surface area contributed by atoms with Gasteiger partial charge >= 0.3 is 5.97 Å². The van der Waals surface area contributed by atoms with E-state index in [-0.39, 0.29) is 5.69 Å². The summed E-state index contributed by atoms with van der Waals surface area (Å²) in [5, 5.41) is 22.6. The number of hydrogen-bond donors (Lipinski definition) is 2. The maximum atomic E-state index is 10.7. The fourth-order valence-corrected chi connectivity index (χ4v) is 2.07. The summed E-state index contributed by atoms with van der Waals surface area (Å²) in [6.45, 7) is 0.502. The average Bonchev–Trinajstić information content (AvgIpc) is 2.85.